The number of rotatable bonds is 8. The van der Waals surface area contributed by atoms with Gasteiger partial charge in [-0.1, -0.05) is 30.3 Å². The van der Waals surface area contributed by atoms with Crippen LogP contribution in [-0.2, 0) is 12.8 Å². The average Bonchev–Trinajstić information content (AvgIpc) is 2.71. The third-order valence-corrected chi connectivity index (χ3v) is 4.16. The molecule has 7 heteroatoms. The maximum Gasteiger partial charge on any atom is 0.254 e. The maximum absolute atomic E-state index is 13.6. The summed E-state index contributed by atoms with van der Waals surface area (Å²) >= 11 is 0. The molecule has 1 amide bonds. The normalized spacial score (nSPS) is 10.5. The van der Waals surface area contributed by atoms with Crippen LogP contribution in [0.3, 0.4) is 0 Å². The van der Waals surface area contributed by atoms with Gasteiger partial charge in [0.15, 0.2) is 0 Å². The van der Waals surface area contributed by atoms with Crippen LogP contribution in [0.5, 0.6) is 0 Å². The SMILES string of the molecule is O=C(NCCc1ccc(F)cc1)c1cnc(NCCc2ccccc2F)nc1. The number of anilines is 1. The highest BCUT2D eigenvalue weighted by atomic mass is 19.1. The van der Waals surface area contributed by atoms with E-state index in [1.807, 2.05) is 0 Å². The third kappa shape index (κ3) is 5.57. The summed E-state index contributed by atoms with van der Waals surface area (Å²) < 4.78 is 26.4. The Hall–Kier alpha value is -3.35. The fourth-order valence-corrected chi connectivity index (χ4v) is 2.62. The van der Waals surface area contributed by atoms with Gasteiger partial charge in [0.2, 0.25) is 5.95 Å². The van der Waals surface area contributed by atoms with E-state index in [0.717, 1.165) is 5.56 Å². The van der Waals surface area contributed by atoms with Crippen LogP contribution in [0.2, 0.25) is 0 Å². The van der Waals surface area contributed by atoms with Crippen LogP contribution in [0, 0.1) is 11.6 Å². The fraction of sp³-hybridized carbons (Fsp3) is 0.190. The molecule has 1 heterocycles. The first-order valence-corrected chi connectivity index (χ1v) is 8.94. The predicted molar refractivity (Wildman–Crippen MR) is 103 cm³/mol. The van der Waals surface area contributed by atoms with Crippen molar-refractivity contribution in [2.75, 3.05) is 18.4 Å². The minimum Gasteiger partial charge on any atom is -0.354 e. The van der Waals surface area contributed by atoms with E-state index < -0.39 is 0 Å². The van der Waals surface area contributed by atoms with E-state index in [1.54, 1.807) is 30.3 Å². The number of halogens is 2. The van der Waals surface area contributed by atoms with Gasteiger partial charge in [-0.15, -0.1) is 0 Å². The molecule has 5 nitrogen and oxygen atoms in total. The van der Waals surface area contributed by atoms with E-state index in [0.29, 0.717) is 43.0 Å². The molecule has 28 heavy (non-hydrogen) atoms. The summed E-state index contributed by atoms with van der Waals surface area (Å²) in [4.78, 5) is 20.3. The van der Waals surface area contributed by atoms with Crippen molar-refractivity contribution in [1.82, 2.24) is 15.3 Å². The van der Waals surface area contributed by atoms with E-state index in [9.17, 15) is 13.6 Å². The topological polar surface area (TPSA) is 66.9 Å². The first-order valence-electron chi connectivity index (χ1n) is 8.94. The number of carbonyl (C=O) groups excluding carboxylic acids is 1. The zero-order valence-electron chi connectivity index (χ0n) is 15.2. The van der Waals surface area contributed by atoms with Gasteiger partial charge in [-0.25, -0.2) is 18.7 Å². The quantitative estimate of drug-likeness (QED) is 0.627. The monoisotopic (exact) mass is 382 g/mol. The zero-order valence-corrected chi connectivity index (χ0v) is 15.2. The maximum atomic E-state index is 13.6. The van der Waals surface area contributed by atoms with Gasteiger partial charge in [-0.2, -0.15) is 0 Å². The van der Waals surface area contributed by atoms with Crippen molar-refractivity contribution in [3.63, 3.8) is 0 Å². The largest absolute Gasteiger partial charge is 0.354 e. The number of aromatic nitrogens is 2. The number of amides is 1. The molecular formula is C21H20F2N4O. The van der Waals surface area contributed by atoms with Crippen molar-refractivity contribution in [1.29, 1.82) is 0 Å². The number of hydrogen-bond acceptors (Lipinski definition) is 4. The van der Waals surface area contributed by atoms with E-state index >= 15 is 0 Å². The second-order valence-corrected chi connectivity index (χ2v) is 6.20. The first-order chi connectivity index (χ1) is 13.6. The molecule has 3 rings (SSSR count). The molecule has 0 saturated carbocycles. The summed E-state index contributed by atoms with van der Waals surface area (Å²) in [6.07, 6.45) is 3.97. The van der Waals surface area contributed by atoms with E-state index in [2.05, 4.69) is 20.6 Å². The van der Waals surface area contributed by atoms with Gasteiger partial charge in [0, 0.05) is 25.5 Å². The highest BCUT2D eigenvalue weighted by molar-refractivity contribution is 5.93. The Bertz CT molecular complexity index is 914. The van der Waals surface area contributed by atoms with Gasteiger partial charge >= 0.3 is 0 Å². The van der Waals surface area contributed by atoms with Crippen LogP contribution in [0.4, 0.5) is 14.7 Å². The molecule has 3 aromatic rings. The Labute approximate surface area is 161 Å². The number of nitrogens with one attached hydrogen (secondary N) is 2. The van der Waals surface area contributed by atoms with Crippen molar-refractivity contribution < 1.29 is 13.6 Å². The average molecular weight is 382 g/mol. The third-order valence-electron chi connectivity index (χ3n) is 4.16. The lowest BCUT2D eigenvalue weighted by Gasteiger charge is -2.07. The van der Waals surface area contributed by atoms with Crippen molar-refractivity contribution in [3.05, 3.63) is 89.2 Å². The molecule has 1 aromatic heterocycles. The van der Waals surface area contributed by atoms with Crippen molar-refractivity contribution in [3.8, 4) is 0 Å². The molecule has 2 aromatic carbocycles. The standard InChI is InChI=1S/C21H20F2N4O/c22-18-7-5-15(6-8-18)9-11-24-20(28)17-13-26-21(27-14-17)25-12-10-16-3-1-2-4-19(16)23/h1-8,13-14H,9-12H2,(H,24,28)(H,25,26,27). The van der Waals surface area contributed by atoms with Crippen LogP contribution in [0.15, 0.2) is 60.9 Å². The molecule has 0 aliphatic rings. The molecule has 144 valence electrons. The highest BCUT2D eigenvalue weighted by Crippen LogP contribution is 2.08. The molecule has 2 N–H and O–H groups in total. The van der Waals surface area contributed by atoms with Crippen LogP contribution < -0.4 is 10.6 Å². The van der Waals surface area contributed by atoms with Crippen molar-refractivity contribution in [2.24, 2.45) is 0 Å². The Morgan fingerprint density at radius 3 is 2.32 bits per heavy atom. The molecule has 0 radical (unpaired) electrons. The Morgan fingerprint density at radius 1 is 0.893 bits per heavy atom. The lowest BCUT2D eigenvalue weighted by molar-refractivity contribution is 0.0953. The highest BCUT2D eigenvalue weighted by Gasteiger charge is 2.07. The van der Waals surface area contributed by atoms with E-state index in [-0.39, 0.29) is 17.5 Å². The zero-order chi connectivity index (χ0) is 19.8. The van der Waals surface area contributed by atoms with Gasteiger partial charge in [0.25, 0.3) is 5.91 Å². The second-order valence-electron chi connectivity index (χ2n) is 6.20. The molecular weight excluding hydrogens is 362 g/mol. The summed E-state index contributed by atoms with van der Waals surface area (Å²) in [5.74, 6) is -0.426. The van der Waals surface area contributed by atoms with E-state index in [4.69, 9.17) is 0 Å². The van der Waals surface area contributed by atoms with Gasteiger partial charge < -0.3 is 10.6 Å². The molecule has 0 atom stereocenters. The first kappa shape index (κ1) is 19.4. The molecule has 0 aliphatic heterocycles. The van der Waals surface area contributed by atoms with Gasteiger partial charge in [-0.05, 0) is 42.2 Å². The molecule has 0 unspecified atom stereocenters. The predicted octanol–water partition coefficient (Wildman–Crippen LogP) is 3.38. The van der Waals surface area contributed by atoms with Crippen molar-refractivity contribution in [2.45, 2.75) is 12.8 Å². The molecule has 0 aliphatic carbocycles. The Balaban J connectivity index is 1.43. The Kier molecular flexibility index (Phi) is 6.62. The second kappa shape index (κ2) is 9.55. The number of benzene rings is 2. The fourth-order valence-electron chi connectivity index (χ4n) is 2.62. The number of hydrogen-bond donors (Lipinski definition) is 2. The van der Waals surface area contributed by atoms with Crippen LogP contribution in [0.25, 0.3) is 0 Å². The number of carbonyl (C=O) groups is 1. The molecule has 0 fully saturated rings. The summed E-state index contributed by atoms with van der Waals surface area (Å²) in [6.45, 7) is 0.900. The smallest absolute Gasteiger partial charge is 0.254 e. The van der Waals surface area contributed by atoms with E-state index in [1.165, 1.54) is 30.6 Å². The van der Waals surface area contributed by atoms with Crippen LogP contribution >= 0.6 is 0 Å². The van der Waals surface area contributed by atoms with Gasteiger partial charge in [-0.3, -0.25) is 4.79 Å². The van der Waals surface area contributed by atoms with Crippen LogP contribution in [0.1, 0.15) is 21.5 Å². The minimum atomic E-state index is -0.285. The van der Waals surface area contributed by atoms with Gasteiger partial charge in [0.1, 0.15) is 11.6 Å². The summed E-state index contributed by atoms with van der Waals surface area (Å²) in [5, 5.41) is 5.78. The number of nitrogens with zero attached hydrogens (tertiary/aromatic N) is 2. The molecule has 0 saturated heterocycles. The summed E-state index contributed by atoms with van der Waals surface area (Å²) in [7, 11) is 0. The van der Waals surface area contributed by atoms with Crippen molar-refractivity contribution >= 4 is 11.9 Å². The van der Waals surface area contributed by atoms with Gasteiger partial charge in [0.05, 0.1) is 5.56 Å². The minimum absolute atomic E-state index is 0.238. The lowest BCUT2D eigenvalue weighted by atomic mass is 10.1. The molecule has 0 spiro atoms. The Morgan fingerprint density at radius 2 is 1.61 bits per heavy atom. The summed E-state index contributed by atoms with van der Waals surface area (Å²) in [5.41, 5.74) is 1.90. The van der Waals surface area contributed by atoms with Crippen LogP contribution in [-0.4, -0.2) is 29.0 Å². The molecule has 0 bridgehead atoms. The summed E-state index contributed by atoms with van der Waals surface area (Å²) in [6, 6.07) is 12.8. The lowest BCUT2D eigenvalue weighted by Crippen LogP contribution is -2.26.